The van der Waals surface area contributed by atoms with Crippen LogP contribution in [0.2, 0.25) is 0 Å². The molecule has 12 heavy (non-hydrogen) atoms. The Morgan fingerprint density at radius 3 is 2.58 bits per heavy atom. The van der Waals surface area contributed by atoms with Crippen molar-refractivity contribution in [1.29, 1.82) is 0 Å². The van der Waals surface area contributed by atoms with Gasteiger partial charge in [-0.25, -0.2) is 0 Å². The molecule has 56 valence electrons. The van der Waals surface area contributed by atoms with Crippen LogP contribution in [-0.2, 0) is 0 Å². The zero-order valence-corrected chi connectivity index (χ0v) is 6.78. The van der Waals surface area contributed by atoms with Gasteiger partial charge >= 0.3 is 18.9 Å². The summed E-state index contributed by atoms with van der Waals surface area (Å²) in [5.74, 6) is -1.26. The number of aromatic carboxylic acids is 1. The largest absolute Gasteiger partial charge is 1.00 e. The molecule has 0 spiro atoms. The summed E-state index contributed by atoms with van der Waals surface area (Å²) in [6, 6.07) is 3.00. The quantitative estimate of drug-likeness (QED) is 0.430. The molecule has 1 rings (SSSR count). The fourth-order valence-corrected chi connectivity index (χ4v) is 0.647. The number of nitrogens with zero attached hydrogens (tertiary/aromatic N) is 1. The molecule has 0 aliphatic rings. The summed E-state index contributed by atoms with van der Waals surface area (Å²) in [4.78, 5) is 13.8. The average molecular weight is 155 g/mol. The van der Waals surface area contributed by atoms with E-state index >= 15 is 0 Å². The number of aromatic nitrogens is 1. The summed E-state index contributed by atoms with van der Waals surface area (Å²) in [6.45, 7) is 3.50. The SMILES string of the molecule is C=Cc1ccc(C(=O)[O-])nc1.[Li+]. The van der Waals surface area contributed by atoms with Crippen molar-refractivity contribution in [2.45, 2.75) is 0 Å². The van der Waals surface area contributed by atoms with Gasteiger partial charge in [-0.3, -0.25) is 4.98 Å². The second-order valence-corrected chi connectivity index (χ2v) is 1.97. The first-order valence-electron chi connectivity index (χ1n) is 3.04. The molecule has 0 aliphatic heterocycles. The summed E-state index contributed by atoms with van der Waals surface area (Å²) in [5.41, 5.74) is 0.727. The summed E-state index contributed by atoms with van der Waals surface area (Å²) >= 11 is 0. The summed E-state index contributed by atoms with van der Waals surface area (Å²) < 4.78 is 0. The smallest absolute Gasteiger partial charge is 0.543 e. The Labute approximate surface area is 82.3 Å². The van der Waals surface area contributed by atoms with Gasteiger partial charge in [0.25, 0.3) is 0 Å². The topological polar surface area (TPSA) is 53.0 Å². The maximum absolute atomic E-state index is 10.2. The van der Waals surface area contributed by atoms with Gasteiger partial charge in [0.1, 0.15) is 0 Å². The predicted octanol–water partition coefficient (Wildman–Crippen LogP) is -2.91. The zero-order valence-electron chi connectivity index (χ0n) is 6.78. The molecule has 1 aromatic heterocycles. The second-order valence-electron chi connectivity index (χ2n) is 1.97. The number of hydrogen-bond donors (Lipinski definition) is 0. The Hall–Kier alpha value is -1.04. The van der Waals surface area contributed by atoms with E-state index in [-0.39, 0.29) is 24.6 Å². The molecule has 0 saturated heterocycles. The third-order valence-corrected chi connectivity index (χ3v) is 1.23. The molecule has 4 heteroatoms. The molecule has 3 nitrogen and oxygen atoms in total. The standard InChI is InChI=1S/C8H7NO2.Li/c1-2-6-3-4-7(8(10)11)9-5-6;/h2-5H,1H2,(H,10,11);/q;+1/p-1. The number of carboxylic acids is 1. The Kier molecular flexibility index (Phi) is 4.35. The molecule has 0 unspecified atom stereocenters. The van der Waals surface area contributed by atoms with Crippen LogP contribution in [0.15, 0.2) is 24.9 Å². The molecule has 0 aliphatic carbocycles. The van der Waals surface area contributed by atoms with E-state index in [1.807, 2.05) is 0 Å². The number of rotatable bonds is 2. The minimum Gasteiger partial charge on any atom is -0.543 e. The summed E-state index contributed by atoms with van der Waals surface area (Å²) in [5, 5.41) is 10.2. The van der Waals surface area contributed by atoms with Crippen LogP contribution >= 0.6 is 0 Å². The monoisotopic (exact) mass is 155 g/mol. The molecule has 0 N–H and O–H groups in total. The van der Waals surface area contributed by atoms with Gasteiger partial charge in [0.05, 0.1) is 11.7 Å². The van der Waals surface area contributed by atoms with Gasteiger partial charge in [0.15, 0.2) is 0 Å². The molecule has 0 amide bonds. The molecule has 0 radical (unpaired) electrons. The first-order chi connectivity index (χ1) is 5.24. The number of carbonyl (C=O) groups excluding carboxylic acids is 1. The molecule has 0 fully saturated rings. The van der Waals surface area contributed by atoms with Crippen LogP contribution in [0.4, 0.5) is 0 Å². The zero-order chi connectivity index (χ0) is 8.27. The van der Waals surface area contributed by atoms with Crippen LogP contribution in [0, 0.1) is 0 Å². The normalized spacial score (nSPS) is 8.33. The van der Waals surface area contributed by atoms with Gasteiger partial charge in [-0.1, -0.05) is 18.7 Å². The fourth-order valence-electron chi connectivity index (χ4n) is 0.647. The van der Waals surface area contributed by atoms with E-state index in [0.717, 1.165) is 5.56 Å². The number of carbonyl (C=O) groups is 1. The van der Waals surface area contributed by atoms with Gasteiger partial charge in [-0.2, -0.15) is 0 Å². The molecular weight excluding hydrogens is 149 g/mol. The Morgan fingerprint density at radius 1 is 1.58 bits per heavy atom. The van der Waals surface area contributed by atoms with Gasteiger partial charge in [-0.05, 0) is 11.6 Å². The minimum absolute atomic E-state index is 0. The van der Waals surface area contributed by atoms with E-state index in [4.69, 9.17) is 0 Å². The molecular formula is C8H6LiNO2. The van der Waals surface area contributed by atoms with Crippen LogP contribution < -0.4 is 24.0 Å². The van der Waals surface area contributed by atoms with Crippen molar-refractivity contribution in [2.75, 3.05) is 0 Å². The second kappa shape index (κ2) is 4.76. The third-order valence-electron chi connectivity index (χ3n) is 1.23. The molecule has 0 saturated carbocycles. The van der Waals surface area contributed by atoms with E-state index in [9.17, 15) is 9.90 Å². The van der Waals surface area contributed by atoms with E-state index in [1.165, 1.54) is 12.3 Å². The number of carboxylic acid groups (broad SMARTS) is 1. The molecule has 0 aromatic carbocycles. The fraction of sp³-hybridized carbons (Fsp3) is 0. The van der Waals surface area contributed by atoms with Crippen molar-refractivity contribution in [2.24, 2.45) is 0 Å². The maximum atomic E-state index is 10.2. The van der Waals surface area contributed by atoms with Crippen LogP contribution in [0.3, 0.4) is 0 Å². The Bertz CT molecular complexity index is 282. The Morgan fingerprint density at radius 2 is 2.25 bits per heavy atom. The number of pyridine rings is 1. The van der Waals surface area contributed by atoms with Crippen LogP contribution in [0.5, 0.6) is 0 Å². The van der Waals surface area contributed by atoms with E-state index < -0.39 is 5.97 Å². The predicted molar refractivity (Wildman–Crippen MR) is 38.7 cm³/mol. The number of hydrogen-bond acceptors (Lipinski definition) is 3. The van der Waals surface area contributed by atoms with Crippen molar-refractivity contribution >= 4 is 12.0 Å². The van der Waals surface area contributed by atoms with Crippen molar-refractivity contribution in [3.63, 3.8) is 0 Å². The maximum Gasteiger partial charge on any atom is 1.00 e. The third kappa shape index (κ3) is 2.54. The van der Waals surface area contributed by atoms with Gasteiger partial charge < -0.3 is 9.90 Å². The van der Waals surface area contributed by atoms with Crippen molar-refractivity contribution in [3.8, 4) is 0 Å². The molecule has 0 bridgehead atoms. The summed E-state index contributed by atoms with van der Waals surface area (Å²) in [6.07, 6.45) is 3.02. The Balaban J connectivity index is 0.00000121. The molecule has 1 aromatic rings. The molecule has 0 atom stereocenters. The van der Waals surface area contributed by atoms with Gasteiger partial charge in [0, 0.05) is 6.20 Å². The first kappa shape index (κ1) is 11.0. The van der Waals surface area contributed by atoms with Crippen molar-refractivity contribution in [3.05, 3.63) is 36.2 Å². The van der Waals surface area contributed by atoms with Crippen LogP contribution in [-0.4, -0.2) is 11.0 Å². The van der Waals surface area contributed by atoms with Gasteiger partial charge in [0.2, 0.25) is 0 Å². The van der Waals surface area contributed by atoms with E-state index in [1.54, 1.807) is 12.1 Å². The van der Waals surface area contributed by atoms with Crippen molar-refractivity contribution < 1.29 is 28.8 Å². The van der Waals surface area contributed by atoms with Crippen LogP contribution in [0.1, 0.15) is 16.1 Å². The average Bonchev–Trinajstić information content (AvgIpc) is 2.05. The summed E-state index contributed by atoms with van der Waals surface area (Å²) in [7, 11) is 0. The molecule has 1 heterocycles. The van der Waals surface area contributed by atoms with Crippen molar-refractivity contribution in [1.82, 2.24) is 4.98 Å². The van der Waals surface area contributed by atoms with Gasteiger partial charge in [-0.15, -0.1) is 0 Å². The minimum atomic E-state index is -1.26. The van der Waals surface area contributed by atoms with E-state index in [2.05, 4.69) is 11.6 Å². The first-order valence-corrected chi connectivity index (χ1v) is 3.04. The van der Waals surface area contributed by atoms with Crippen LogP contribution in [0.25, 0.3) is 6.08 Å². The van der Waals surface area contributed by atoms with E-state index in [0.29, 0.717) is 0 Å².